The van der Waals surface area contributed by atoms with Crippen LogP contribution in [-0.4, -0.2) is 16.6 Å². The van der Waals surface area contributed by atoms with E-state index in [1.54, 1.807) is 6.92 Å². The Labute approximate surface area is 134 Å². The number of benzene rings is 1. The van der Waals surface area contributed by atoms with Gasteiger partial charge in [0.2, 0.25) is 0 Å². The highest BCUT2D eigenvalue weighted by molar-refractivity contribution is 7.51. The van der Waals surface area contributed by atoms with Crippen molar-refractivity contribution in [2.75, 3.05) is 6.61 Å². The summed E-state index contributed by atoms with van der Waals surface area (Å²) in [5, 5.41) is 10.6. The van der Waals surface area contributed by atoms with Crippen LogP contribution in [0.3, 0.4) is 0 Å². The summed E-state index contributed by atoms with van der Waals surface area (Å²) in [5.41, 5.74) is 1.76. The van der Waals surface area contributed by atoms with Gasteiger partial charge < -0.3 is 14.5 Å². The highest BCUT2D eigenvalue weighted by atomic mass is 31.2. The van der Waals surface area contributed by atoms with Gasteiger partial charge in [0.25, 0.3) is 0 Å². The number of aromatic hydroxyl groups is 1. The molecule has 0 aromatic heterocycles. The minimum Gasteiger partial charge on any atom is -0.507 e. The molecule has 22 heavy (non-hydrogen) atoms. The van der Waals surface area contributed by atoms with Gasteiger partial charge in [-0.15, -0.1) is 0 Å². The maximum atomic E-state index is 12.1. The van der Waals surface area contributed by atoms with Gasteiger partial charge in [-0.2, -0.15) is 0 Å². The first-order valence-corrected chi connectivity index (χ1v) is 9.37. The van der Waals surface area contributed by atoms with E-state index in [1.807, 2.05) is 53.7 Å². The molecule has 126 valence electrons. The monoisotopic (exact) mass is 328 g/mol. The maximum Gasteiger partial charge on any atom is 0.332 e. The summed E-state index contributed by atoms with van der Waals surface area (Å²) in [5.74, 6) is 0.271. The molecule has 0 saturated heterocycles. The van der Waals surface area contributed by atoms with Crippen LogP contribution >= 0.6 is 7.60 Å². The van der Waals surface area contributed by atoms with Crippen molar-refractivity contribution in [2.24, 2.45) is 0 Å². The number of hydrogen-bond donors (Lipinski definition) is 2. The van der Waals surface area contributed by atoms with E-state index >= 15 is 0 Å². The molecule has 0 fully saturated rings. The van der Waals surface area contributed by atoms with Crippen LogP contribution in [0.5, 0.6) is 5.75 Å². The molecule has 0 spiro atoms. The molecule has 2 N–H and O–H groups in total. The van der Waals surface area contributed by atoms with Gasteiger partial charge in [-0.3, -0.25) is 4.57 Å². The first-order valence-electron chi connectivity index (χ1n) is 7.61. The summed E-state index contributed by atoms with van der Waals surface area (Å²) in [6, 6.07) is 3.62. The molecule has 0 heterocycles. The fourth-order valence-electron chi connectivity index (χ4n) is 2.41. The van der Waals surface area contributed by atoms with Crippen LogP contribution in [0.1, 0.15) is 65.2 Å². The molecular formula is C17H29O4P. The smallest absolute Gasteiger partial charge is 0.332 e. The number of phenolic OH excluding ortho intramolecular Hbond substituents is 1. The predicted molar refractivity (Wildman–Crippen MR) is 90.7 cm³/mol. The quantitative estimate of drug-likeness (QED) is 0.786. The third-order valence-electron chi connectivity index (χ3n) is 3.50. The maximum absolute atomic E-state index is 12.1. The molecule has 4 nitrogen and oxygen atoms in total. The summed E-state index contributed by atoms with van der Waals surface area (Å²) in [6.07, 6.45) is -0.0483. The van der Waals surface area contributed by atoms with Gasteiger partial charge in [-0.1, -0.05) is 53.7 Å². The molecule has 1 rings (SSSR count). The second-order valence-corrected chi connectivity index (χ2v) is 9.60. The van der Waals surface area contributed by atoms with Gasteiger partial charge in [-0.25, -0.2) is 0 Å². The van der Waals surface area contributed by atoms with Crippen molar-refractivity contribution in [2.45, 2.75) is 65.5 Å². The Bertz CT molecular complexity index is 544. The number of hydrogen-bond acceptors (Lipinski definition) is 3. The Morgan fingerprint density at radius 3 is 1.77 bits per heavy atom. The van der Waals surface area contributed by atoms with E-state index in [9.17, 15) is 14.6 Å². The van der Waals surface area contributed by atoms with E-state index in [-0.39, 0.29) is 29.3 Å². The fraction of sp³-hybridized carbons (Fsp3) is 0.647. The second kappa shape index (κ2) is 6.35. The minimum atomic E-state index is -3.66. The lowest BCUT2D eigenvalue weighted by Gasteiger charge is -2.28. The van der Waals surface area contributed by atoms with Crippen LogP contribution in [0.15, 0.2) is 12.1 Å². The van der Waals surface area contributed by atoms with E-state index in [2.05, 4.69) is 0 Å². The molecule has 0 radical (unpaired) electrons. The average molecular weight is 328 g/mol. The standard InChI is InChI=1S/C17H29O4P/c1-8-21-22(19,20)11-12-9-13(16(2,3)4)15(18)14(10-12)17(5,6)7/h9-10,18H,8,11H2,1-7H3,(H,19,20). The zero-order valence-electron chi connectivity index (χ0n) is 14.7. The van der Waals surface area contributed by atoms with Crippen molar-refractivity contribution in [1.82, 2.24) is 0 Å². The predicted octanol–water partition coefficient (Wildman–Crippen LogP) is 4.71. The summed E-state index contributed by atoms with van der Waals surface area (Å²) in [6.45, 7) is 14.0. The average Bonchev–Trinajstić information content (AvgIpc) is 2.27. The fourth-order valence-corrected chi connectivity index (χ4v) is 3.55. The van der Waals surface area contributed by atoms with Crippen LogP contribution in [-0.2, 0) is 26.1 Å². The highest BCUT2D eigenvalue weighted by Crippen LogP contribution is 2.48. The van der Waals surface area contributed by atoms with E-state index in [0.29, 0.717) is 5.56 Å². The SMILES string of the molecule is CCOP(=O)(O)Cc1cc(C(C)(C)C)c(O)c(C(C)(C)C)c1. The molecule has 0 saturated carbocycles. The van der Waals surface area contributed by atoms with Crippen molar-refractivity contribution < 1.29 is 19.1 Å². The molecule has 0 aliphatic carbocycles. The largest absolute Gasteiger partial charge is 0.507 e. The zero-order valence-corrected chi connectivity index (χ0v) is 15.6. The van der Waals surface area contributed by atoms with E-state index < -0.39 is 7.60 Å². The molecule has 0 aliphatic heterocycles. The molecule has 0 bridgehead atoms. The van der Waals surface area contributed by atoms with E-state index in [4.69, 9.17) is 4.52 Å². The summed E-state index contributed by atoms with van der Waals surface area (Å²) < 4.78 is 17.0. The van der Waals surface area contributed by atoms with Gasteiger partial charge in [-0.05, 0) is 34.4 Å². The Morgan fingerprint density at radius 1 is 1.05 bits per heavy atom. The van der Waals surface area contributed by atoms with Gasteiger partial charge in [0.15, 0.2) is 0 Å². The molecule has 1 aromatic carbocycles. The van der Waals surface area contributed by atoms with Gasteiger partial charge in [0.1, 0.15) is 5.75 Å². The van der Waals surface area contributed by atoms with Crippen LogP contribution in [0, 0.1) is 0 Å². The third kappa shape index (κ3) is 4.84. The van der Waals surface area contributed by atoms with E-state index in [0.717, 1.165) is 11.1 Å². The van der Waals surface area contributed by atoms with Crippen LogP contribution < -0.4 is 0 Å². The molecule has 1 atom stereocenters. The van der Waals surface area contributed by atoms with Crippen molar-refractivity contribution in [3.8, 4) is 5.75 Å². The van der Waals surface area contributed by atoms with Crippen molar-refractivity contribution >= 4 is 7.60 Å². The topological polar surface area (TPSA) is 66.8 Å². The highest BCUT2D eigenvalue weighted by Gasteiger charge is 2.28. The van der Waals surface area contributed by atoms with Crippen molar-refractivity contribution in [1.29, 1.82) is 0 Å². The Morgan fingerprint density at radius 2 is 1.45 bits per heavy atom. The first kappa shape index (κ1) is 19.2. The van der Waals surface area contributed by atoms with Crippen LogP contribution in [0.2, 0.25) is 0 Å². The Kier molecular flexibility index (Phi) is 5.55. The summed E-state index contributed by atoms with van der Waals surface area (Å²) in [7, 11) is -3.66. The molecular weight excluding hydrogens is 299 g/mol. The zero-order chi connectivity index (χ0) is 17.3. The summed E-state index contributed by atoms with van der Waals surface area (Å²) >= 11 is 0. The molecule has 1 unspecified atom stereocenters. The van der Waals surface area contributed by atoms with Crippen LogP contribution in [0.4, 0.5) is 0 Å². The lowest BCUT2D eigenvalue weighted by atomic mass is 9.78. The van der Waals surface area contributed by atoms with Crippen LogP contribution in [0.25, 0.3) is 0 Å². The van der Waals surface area contributed by atoms with Gasteiger partial charge in [0.05, 0.1) is 12.8 Å². The van der Waals surface area contributed by atoms with Crippen molar-refractivity contribution in [3.63, 3.8) is 0 Å². The third-order valence-corrected chi connectivity index (χ3v) is 4.93. The summed E-state index contributed by atoms with van der Waals surface area (Å²) in [4.78, 5) is 9.90. The van der Waals surface area contributed by atoms with E-state index in [1.165, 1.54) is 0 Å². The first-order chi connectivity index (χ1) is 9.78. The minimum absolute atomic E-state index is 0.0483. The molecule has 0 amide bonds. The van der Waals surface area contributed by atoms with Gasteiger partial charge >= 0.3 is 7.60 Å². The van der Waals surface area contributed by atoms with Gasteiger partial charge in [0, 0.05) is 0 Å². The number of rotatable bonds is 4. The molecule has 1 aromatic rings. The molecule has 5 heteroatoms. The second-order valence-electron chi connectivity index (χ2n) is 7.75. The Hall–Kier alpha value is -0.830. The molecule has 0 aliphatic rings. The lowest BCUT2D eigenvalue weighted by Crippen LogP contribution is -2.18. The Balaban J connectivity index is 3.45. The normalized spacial score (nSPS) is 15.6. The lowest BCUT2D eigenvalue weighted by molar-refractivity contribution is 0.272. The number of phenols is 1. The van der Waals surface area contributed by atoms with Crippen molar-refractivity contribution in [3.05, 3.63) is 28.8 Å².